The summed E-state index contributed by atoms with van der Waals surface area (Å²) in [5, 5.41) is 10.5. The van der Waals surface area contributed by atoms with Crippen molar-refractivity contribution in [3.63, 3.8) is 0 Å². The van der Waals surface area contributed by atoms with Crippen LogP contribution in [-0.2, 0) is 9.59 Å². The molecule has 0 aromatic carbocycles. The van der Waals surface area contributed by atoms with Crippen molar-refractivity contribution in [1.29, 1.82) is 0 Å². The molecule has 12 heavy (non-hydrogen) atoms. The van der Waals surface area contributed by atoms with E-state index in [0.717, 1.165) is 0 Å². The average Bonchev–Trinajstić information content (AvgIpc) is 2.33. The van der Waals surface area contributed by atoms with Gasteiger partial charge < -0.3 is 10.8 Å². The van der Waals surface area contributed by atoms with E-state index in [-0.39, 0.29) is 12.4 Å². The first kappa shape index (κ1) is 11.5. The summed E-state index contributed by atoms with van der Waals surface area (Å²) in [6.07, 6.45) is 0. The minimum absolute atomic E-state index is 0. The number of amides is 1. The molecule has 5 nitrogen and oxygen atoms in total. The first-order valence-corrected chi connectivity index (χ1v) is 4.06. The number of halogens is 1. The number of nitrogens with one attached hydrogen (secondary N) is 1. The number of carboxylic acids is 1. The topological polar surface area (TPSA) is 92.4 Å². The molecule has 0 saturated carbocycles. The van der Waals surface area contributed by atoms with E-state index in [9.17, 15) is 9.59 Å². The third-order valence-electron chi connectivity index (χ3n) is 1.34. The van der Waals surface area contributed by atoms with Gasteiger partial charge in [-0.05, 0) is 0 Å². The van der Waals surface area contributed by atoms with Crippen LogP contribution in [0.4, 0.5) is 0 Å². The Kier molecular flexibility index (Phi) is 4.36. The maximum Gasteiger partial charge on any atom is 0.321 e. The van der Waals surface area contributed by atoms with Crippen molar-refractivity contribution in [1.82, 2.24) is 5.32 Å². The molecule has 7 heteroatoms. The van der Waals surface area contributed by atoms with Crippen molar-refractivity contribution in [2.75, 3.05) is 5.75 Å². The third kappa shape index (κ3) is 2.54. The minimum atomic E-state index is -0.943. The van der Waals surface area contributed by atoms with Crippen LogP contribution in [0.5, 0.6) is 0 Å². The Morgan fingerprint density at radius 3 is 2.42 bits per heavy atom. The van der Waals surface area contributed by atoms with E-state index in [1.165, 1.54) is 11.8 Å². The van der Waals surface area contributed by atoms with Gasteiger partial charge in [0.25, 0.3) is 0 Å². The highest BCUT2D eigenvalue weighted by molar-refractivity contribution is 8.00. The van der Waals surface area contributed by atoms with Gasteiger partial charge >= 0.3 is 5.97 Å². The fraction of sp³-hybridized carbons (Fsp3) is 0.600. The van der Waals surface area contributed by atoms with Crippen molar-refractivity contribution < 1.29 is 14.7 Å². The standard InChI is InChI=1S/C5H8N2O3S.ClH/c6-3(8)4-7-2(1-11-4)5(9)10;/h2,4,7H,1H2,(H2,6,8)(H,9,10);1H/t2-,4?;/m0./s1. The van der Waals surface area contributed by atoms with Crippen LogP contribution in [0.1, 0.15) is 0 Å². The molecule has 1 aliphatic rings. The molecular weight excluding hydrogens is 204 g/mol. The molecule has 1 heterocycles. The number of primary amides is 1. The van der Waals surface area contributed by atoms with Gasteiger partial charge in [0.15, 0.2) is 0 Å². The summed E-state index contributed by atoms with van der Waals surface area (Å²) >= 11 is 1.22. The largest absolute Gasteiger partial charge is 0.480 e. The van der Waals surface area contributed by atoms with Gasteiger partial charge in [0.2, 0.25) is 5.91 Å². The lowest BCUT2D eigenvalue weighted by Crippen LogP contribution is -2.42. The molecule has 0 aliphatic carbocycles. The monoisotopic (exact) mass is 212 g/mol. The molecule has 1 amide bonds. The Morgan fingerprint density at radius 2 is 2.17 bits per heavy atom. The lowest BCUT2D eigenvalue weighted by Gasteiger charge is -2.04. The molecule has 70 valence electrons. The maximum atomic E-state index is 10.5. The van der Waals surface area contributed by atoms with Crippen molar-refractivity contribution in [3.8, 4) is 0 Å². The molecule has 1 aliphatic heterocycles. The van der Waals surface area contributed by atoms with Crippen LogP contribution in [0.15, 0.2) is 0 Å². The highest BCUT2D eigenvalue weighted by atomic mass is 35.5. The summed E-state index contributed by atoms with van der Waals surface area (Å²) in [6.45, 7) is 0. The van der Waals surface area contributed by atoms with Crippen LogP contribution < -0.4 is 11.1 Å². The van der Waals surface area contributed by atoms with Crippen LogP contribution in [0.2, 0.25) is 0 Å². The summed E-state index contributed by atoms with van der Waals surface area (Å²) in [4.78, 5) is 20.9. The van der Waals surface area contributed by atoms with Gasteiger partial charge in [-0.3, -0.25) is 14.9 Å². The molecule has 0 spiro atoms. The zero-order valence-electron chi connectivity index (χ0n) is 6.02. The predicted molar refractivity (Wildman–Crippen MR) is 47.2 cm³/mol. The number of rotatable bonds is 2. The van der Waals surface area contributed by atoms with E-state index < -0.39 is 23.3 Å². The van der Waals surface area contributed by atoms with Crippen molar-refractivity contribution >= 4 is 36.0 Å². The average molecular weight is 213 g/mol. The second-order valence-corrected chi connectivity index (χ2v) is 3.31. The van der Waals surface area contributed by atoms with Crippen molar-refractivity contribution in [2.24, 2.45) is 5.73 Å². The SMILES string of the molecule is Cl.NC(=O)C1N[C@H](C(=O)O)CS1. The maximum absolute atomic E-state index is 10.5. The highest BCUT2D eigenvalue weighted by Crippen LogP contribution is 2.17. The lowest BCUT2D eigenvalue weighted by atomic mass is 10.3. The number of hydrogen-bond acceptors (Lipinski definition) is 4. The number of nitrogens with two attached hydrogens (primary N) is 1. The zero-order chi connectivity index (χ0) is 8.43. The van der Waals surface area contributed by atoms with Crippen LogP contribution >= 0.6 is 24.2 Å². The first-order chi connectivity index (χ1) is 5.11. The van der Waals surface area contributed by atoms with Gasteiger partial charge in [-0.2, -0.15) is 0 Å². The molecule has 1 rings (SSSR count). The van der Waals surface area contributed by atoms with Gasteiger partial charge in [0, 0.05) is 5.75 Å². The number of carbonyl (C=O) groups is 2. The molecular formula is C5H9ClN2O3S. The smallest absolute Gasteiger partial charge is 0.321 e. The van der Waals surface area contributed by atoms with Crippen molar-refractivity contribution in [2.45, 2.75) is 11.4 Å². The number of thioether (sulfide) groups is 1. The zero-order valence-corrected chi connectivity index (χ0v) is 7.65. The van der Waals surface area contributed by atoms with E-state index in [4.69, 9.17) is 10.8 Å². The van der Waals surface area contributed by atoms with Crippen LogP contribution in [0.25, 0.3) is 0 Å². The second kappa shape index (κ2) is 4.54. The predicted octanol–water partition coefficient (Wildman–Crippen LogP) is -0.991. The molecule has 0 aromatic heterocycles. The van der Waals surface area contributed by atoms with Gasteiger partial charge in [-0.25, -0.2) is 0 Å². The van der Waals surface area contributed by atoms with E-state index in [1.54, 1.807) is 0 Å². The molecule has 1 saturated heterocycles. The summed E-state index contributed by atoms with van der Waals surface area (Å²) in [6, 6.07) is -0.641. The third-order valence-corrected chi connectivity index (χ3v) is 2.57. The summed E-state index contributed by atoms with van der Waals surface area (Å²) in [5.74, 6) is -1.07. The van der Waals surface area contributed by atoms with E-state index in [0.29, 0.717) is 5.75 Å². The fourth-order valence-corrected chi connectivity index (χ4v) is 1.83. The second-order valence-electron chi connectivity index (χ2n) is 2.17. The van der Waals surface area contributed by atoms with Gasteiger partial charge in [0.05, 0.1) is 0 Å². The summed E-state index contributed by atoms with van der Waals surface area (Å²) in [7, 11) is 0. The molecule has 1 unspecified atom stereocenters. The van der Waals surface area contributed by atoms with Crippen LogP contribution in [0.3, 0.4) is 0 Å². The minimum Gasteiger partial charge on any atom is -0.480 e. The number of carboxylic acid groups (broad SMARTS) is 1. The summed E-state index contributed by atoms with van der Waals surface area (Å²) < 4.78 is 0. The molecule has 0 bridgehead atoms. The molecule has 2 atom stereocenters. The quantitative estimate of drug-likeness (QED) is 0.547. The van der Waals surface area contributed by atoms with E-state index >= 15 is 0 Å². The number of aliphatic carboxylic acids is 1. The molecule has 0 radical (unpaired) electrons. The lowest BCUT2D eigenvalue weighted by molar-refractivity contribution is -0.138. The first-order valence-electron chi connectivity index (χ1n) is 3.01. The Bertz CT molecular complexity index is 181. The fourth-order valence-electron chi connectivity index (χ4n) is 0.778. The molecule has 1 fully saturated rings. The Balaban J connectivity index is 0.00000121. The van der Waals surface area contributed by atoms with Crippen LogP contribution in [0, 0.1) is 0 Å². The van der Waals surface area contributed by atoms with Gasteiger partial charge in [-0.15, -0.1) is 24.2 Å². The van der Waals surface area contributed by atoms with E-state index in [1.807, 2.05) is 0 Å². The highest BCUT2D eigenvalue weighted by Gasteiger charge is 2.32. The molecule has 4 N–H and O–H groups in total. The Hall–Kier alpha value is -0.460. The van der Waals surface area contributed by atoms with E-state index in [2.05, 4.69) is 5.32 Å². The normalized spacial score (nSPS) is 27.7. The van der Waals surface area contributed by atoms with Crippen LogP contribution in [-0.4, -0.2) is 34.2 Å². The van der Waals surface area contributed by atoms with Crippen molar-refractivity contribution in [3.05, 3.63) is 0 Å². The Morgan fingerprint density at radius 1 is 1.58 bits per heavy atom. The Labute approximate surface area is 79.5 Å². The van der Waals surface area contributed by atoms with Gasteiger partial charge in [0.1, 0.15) is 11.4 Å². The molecule has 0 aromatic rings. The number of carbonyl (C=O) groups excluding carboxylic acids is 1. The summed E-state index contributed by atoms with van der Waals surface area (Å²) in [5.41, 5.74) is 4.94. The van der Waals surface area contributed by atoms with Gasteiger partial charge in [-0.1, -0.05) is 0 Å². The number of hydrogen-bond donors (Lipinski definition) is 3.